The summed E-state index contributed by atoms with van der Waals surface area (Å²) in [6.45, 7) is 2.58. The lowest BCUT2D eigenvalue weighted by Crippen LogP contribution is -2.24. The Morgan fingerprint density at radius 2 is 1.84 bits per heavy atom. The topological polar surface area (TPSA) is 72.8 Å². The van der Waals surface area contributed by atoms with Crippen molar-refractivity contribution in [2.75, 3.05) is 11.9 Å². The van der Waals surface area contributed by atoms with Crippen LogP contribution in [0.15, 0.2) is 36.7 Å². The highest BCUT2D eigenvalue weighted by molar-refractivity contribution is 5.88. The number of rotatable bonds is 5. The van der Waals surface area contributed by atoms with Crippen molar-refractivity contribution < 1.29 is 4.74 Å². The predicted molar refractivity (Wildman–Crippen MR) is 123 cm³/mol. The van der Waals surface area contributed by atoms with Crippen LogP contribution in [0.25, 0.3) is 16.6 Å². The number of benzene rings is 1. The van der Waals surface area contributed by atoms with E-state index in [1.165, 1.54) is 32.1 Å². The normalized spacial score (nSPS) is 17.0. The molecule has 2 aliphatic carbocycles. The Hall–Kier alpha value is -3.02. The standard InChI is InChI=1S/C25H29N5O/c1-2-31-24-23-19(17-12-13-20-22(16-17)27-15-14-26-20)10-6-7-11-21(23)29-25(30-24)28-18-8-4-3-5-9-18/h10,12-16,18H,2-9,11H2,1H3,(H,28,29,30). The zero-order valence-electron chi connectivity index (χ0n) is 18.1. The molecular weight excluding hydrogens is 386 g/mol. The molecule has 0 unspecified atom stereocenters. The first-order chi connectivity index (χ1) is 15.3. The molecule has 0 amide bonds. The van der Waals surface area contributed by atoms with E-state index in [0.717, 1.165) is 52.7 Å². The van der Waals surface area contributed by atoms with Crippen LogP contribution >= 0.6 is 0 Å². The SMILES string of the molecule is CCOc1nc(NC2CCCCC2)nc2c1C(c1ccc3nccnc3c1)=CCCC2. The molecule has 5 rings (SSSR count). The lowest BCUT2D eigenvalue weighted by atomic mass is 9.95. The van der Waals surface area contributed by atoms with E-state index in [2.05, 4.69) is 33.5 Å². The van der Waals surface area contributed by atoms with Gasteiger partial charge in [-0.25, -0.2) is 4.98 Å². The van der Waals surface area contributed by atoms with E-state index >= 15 is 0 Å². The van der Waals surface area contributed by atoms with Crippen LogP contribution in [0.3, 0.4) is 0 Å². The average molecular weight is 416 g/mol. The molecule has 0 bridgehead atoms. The molecule has 6 heteroatoms. The second-order valence-electron chi connectivity index (χ2n) is 8.36. The maximum Gasteiger partial charge on any atom is 0.226 e. The Morgan fingerprint density at radius 1 is 1.00 bits per heavy atom. The molecule has 1 fully saturated rings. The summed E-state index contributed by atoms with van der Waals surface area (Å²) in [5.41, 5.74) is 6.12. The monoisotopic (exact) mass is 415 g/mol. The molecule has 2 aromatic heterocycles. The van der Waals surface area contributed by atoms with Crippen LogP contribution in [0.1, 0.15) is 68.7 Å². The van der Waals surface area contributed by atoms with Gasteiger partial charge in [0.2, 0.25) is 11.8 Å². The van der Waals surface area contributed by atoms with Crippen molar-refractivity contribution in [1.29, 1.82) is 0 Å². The summed E-state index contributed by atoms with van der Waals surface area (Å²) in [4.78, 5) is 18.7. The first-order valence-electron chi connectivity index (χ1n) is 11.5. The summed E-state index contributed by atoms with van der Waals surface area (Å²) in [7, 11) is 0. The molecular formula is C25H29N5O. The molecule has 0 aliphatic heterocycles. The molecule has 6 nitrogen and oxygen atoms in total. The first kappa shape index (κ1) is 19.9. The van der Waals surface area contributed by atoms with Gasteiger partial charge in [-0.1, -0.05) is 31.4 Å². The van der Waals surface area contributed by atoms with Gasteiger partial charge in [0.05, 0.1) is 28.9 Å². The van der Waals surface area contributed by atoms with E-state index < -0.39 is 0 Å². The number of nitrogens with zero attached hydrogens (tertiary/aromatic N) is 4. The summed E-state index contributed by atoms with van der Waals surface area (Å²) >= 11 is 0. The molecule has 0 radical (unpaired) electrons. The number of anilines is 1. The maximum atomic E-state index is 6.07. The largest absolute Gasteiger partial charge is 0.477 e. The zero-order chi connectivity index (χ0) is 21.0. The van der Waals surface area contributed by atoms with Crippen molar-refractivity contribution in [2.45, 2.75) is 64.3 Å². The third kappa shape index (κ3) is 4.24. The number of ether oxygens (including phenoxy) is 1. The van der Waals surface area contributed by atoms with Crippen molar-refractivity contribution in [3.63, 3.8) is 0 Å². The van der Waals surface area contributed by atoms with Crippen molar-refractivity contribution >= 4 is 22.6 Å². The highest BCUT2D eigenvalue weighted by Crippen LogP contribution is 2.37. The summed E-state index contributed by atoms with van der Waals surface area (Å²) < 4.78 is 6.07. The Labute approximate surface area is 183 Å². The lowest BCUT2D eigenvalue weighted by molar-refractivity contribution is 0.325. The number of nitrogens with one attached hydrogen (secondary N) is 1. The molecule has 1 aromatic carbocycles. The van der Waals surface area contributed by atoms with Gasteiger partial charge in [-0.15, -0.1) is 0 Å². The third-order valence-corrected chi connectivity index (χ3v) is 6.19. The van der Waals surface area contributed by atoms with Gasteiger partial charge in [-0.05, 0) is 62.3 Å². The van der Waals surface area contributed by atoms with E-state index in [1.54, 1.807) is 12.4 Å². The fourth-order valence-electron chi connectivity index (χ4n) is 4.68. The Kier molecular flexibility index (Phi) is 5.78. The Morgan fingerprint density at radius 3 is 2.68 bits per heavy atom. The Balaban J connectivity index is 1.57. The third-order valence-electron chi connectivity index (χ3n) is 6.19. The van der Waals surface area contributed by atoms with Crippen molar-refractivity contribution in [3.8, 4) is 5.88 Å². The van der Waals surface area contributed by atoms with E-state index in [1.807, 2.05) is 13.0 Å². The van der Waals surface area contributed by atoms with Crippen LogP contribution in [-0.2, 0) is 6.42 Å². The molecule has 2 aliphatic rings. The highest BCUT2D eigenvalue weighted by atomic mass is 16.5. The van der Waals surface area contributed by atoms with Crippen molar-refractivity contribution in [2.24, 2.45) is 0 Å². The summed E-state index contributed by atoms with van der Waals surface area (Å²) in [5.74, 6) is 1.39. The maximum absolute atomic E-state index is 6.07. The second kappa shape index (κ2) is 9.00. The molecule has 31 heavy (non-hydrogen) atoms. The molecule has 160 valence electrons. The van der Waals surface area contributed by atoms with E-state index in [9.17, 15) is 0 Å². The van der Waals surface area contributed by atoms with Gasteiger partial charge in [0, 0.05) is 18.4 Å². The minimum atomic E-state index is 0.459. The van der Waals surface area contributed by atoms with Gasteiger partial charge in [0.1, 0.15) is 0 Å². The lowest BCUT2D eigenvalue weighted by Gasteiger charge is -2.24. The van der Waals surface area contributed by atoms with E-state index in [-0.39, 0.29) is 0 Å². The zero-order valence-corrected chi connectivity index (χ0v) is 18.1. The molecule has 0 spiro atoms. The van der Waals surface area contributed by atoms with Gasteiger partial charge < -0.3 is 10.1 Å². The minimum absolute atomic E-state index is 0.459. The van der Waals surface area contributed by atoms with E-state index in [4.69, 9.17) is 14.7 Å². The fraction of sp³-hybridized carbons (Fsp3) is 0.440. The van der Waals surface area contributed by atoms with Gasteiger partial charge in [0.25, 0.3) is 0 Å². The molecule has 0 atom stereocenters. The fourth-order valence-corrected chi connectivity index (χ4v) is 4.68. The minimum Gasteiger partial charge on any atom is -0.477 e. The van der Waals surface area contributed by atoms with Gasteiger partial charge in [-0.3, -0.25) is 9.97 Å². The Bertz CT molecular complexity index is 1100. The van der Waals surface area contributed by atoms with Gasteiger partial charge >= 0.3 is 0 Å². The van der Waals surface area contributed by atoms with Crippen LogP contribution in [0.5, 0.6) is 5.88 Å². The number of allylic oxidation sites excluding steroid dienone is 1. The van der Waals surface area contributed by atoms with Crippen LogP contribution in [-0.4, -0.2) is 32.6 Å². The quantitative estimate of drug-likeness (QED) is 0.607. The van der Waals surface area contributed by atoms with Crippen LogP contribution in [0.4, 0.5) is 5.95 Å². The number of aromatic nitrogens is 4. The number of hydrogen-bond acceptors (Lipinski definition) is 6. The number of fused-ring (bicyclic) bond motifs is 2. The average Bonchev–Trinajstić information content (AvgIpc) is 3.02. The molecule has 1 saturated carbocycles. The van der Waals surface area contributed by atoms with Crippen LogP contribution < -0.4 is 10.1 Å². The predicted octanol–water partition coefficient (Wildman–Crippen LogP) is 5.33. The molecule has 3 aromatic rings. The van der Waals surface area contributed by atoms with Crippen LogP contribution in [0, 0.1) is 0 Å². The summed E-state index contributed by atoms with van der Waals surface area (Å²) in [6, 6.07) is 6.71. The van der Waals surface area contributed by atoms with Crippen LogP contribution in [0.2, 0.25) is 0 Å². The van der Waals surface area contributed by atoms with Crippen molar-refractivity contribution in [3.05, 3.63) is 53.5 Å². The van der Waals surface area contributed by atoms with Crippen molar-refractivity contribution in [1.82, 2.24) is 19.9 Å². The van der Waals surface area contributed by atoms with Gasteiger partial charge in [0.15, 0.2) is 0 Å². The smallest absolute Gasteiger partial charge is 0.226 e. The first-order valence-corrected chi connectivity index (χ1v) is 11.5. The highest BCUT2D eigenvalue weighted by Gasteiger charge is 2.24. The summed E-state index contributed by atoms with van der Waals surface area (Å²) in [6.07, 6.45) is 15.0. The van der Waals surface area contributed by atoms with E-state index in [0.29, 0.717) is 24.5 Å². The number of aryl methyl sites for hydroxylation is 1. The molecule has 2 heterocycles. The summed E-state index contributed by atoms with van der Waals surface area (Å²) in [5, 5.41) is 3.59. The molecule has 1 N–H and O–H groups in total. The van der Waals surface area contributed by atoms with Gasteiger partial charge in [-0.2, -0.15) is 4.98 Å². The number of hydrogen-bond donors (Lipinski definition) is 1. The molecule has 0 saturated heterocycles. The second-order valence-corrected chi connectivity index (χ2v) is 8.36.